The minimum atomic E-state index is -0.830. The molecule has 4 heteroatoms. The highest BCUT2D eigenvalue weighted by Crippen LogP contribution is 2.37. The van der Waals surface area contributed by atoms with E-state index in [9.17, 15) is 4.79 Å². The van der Waals surface area contributed by atoms with Crippen molar-refractivity contribution >= 4 is 5.91 Å². The van der Waals surface area contributed by atoms with Crippen LogP contribution in [0.4, 0.5) is 0 Å². The zero-order valence-electron chi connectivity index (χ0n) is 8.42. The highest BCUT2D eigenvalue weighted by molar-refractivity contribution is 5.85. The first-order valence-corrected chi connectivity index (χ1v) is 4.98. The summed E-state index contributed by atoms with van der Waals surface area (Å²) in [5, 5.41) is 20.4. The molecule has 1 rings (SSSR count). The Kier molecular flexibility index (Phi) is 3.48. The molecule has 78 valence electrons. The first-order valence-electron chi connectivity index (χ1n) is 4.98. The molecule has 0 bridgehead atoms. The van der Waals surface area contributed by atoms with Gasteiger partial charge in [0.1, 0.15) is 5.41 Å². The van der Waals surface area contributed by atoms with Gasteiger partial charge in [-0.2, -0.15) is 5.26 Å². The van der Waals surface area contributed by atoms with E-state index in [4.69, 9.17) is 10.4 Å². The molecule has 0 radical (unpaired) electrons. The van der Waals surface area contributed by atoms with Gasteiger partial charge in [0.25, 0.3) is 0 Å². The number of nitriles is 1. The predicted octanol–water partition coefficient (Wildman–Crippen LogP) is 0.567. The molecule has 2 N–H and O–H groups in total. The fourth-order valence-corrected chi connectivity index (χ4v) is 1.78. The van der Waals surface area contributed by atoms with Crippen molar-refractivity contribution in [2.45, 2.75) is 38.6 Å². The Morgan fingerprint density at radius 1 is 1.64 bits per heavy atom. The van der Waals surface area contributed by atoms with Crippen molar-refractivity contribution in [3.05, 3.63) is 0 Å². The molecule has 1 saturated carbocycles. The summed E-state index contributed by atoms with van der Waals surface area (Å²) in [6, 6.07) is 1.84. The summed E-state index contributed by atoms with van der Waals surface area (Å²) in [6.45, 7) is 1.63. The van der Waals surface area contributed by atoms with Crippen molar-refractivity contribution in [1.82, 2.24) is 5.32 Å². The SMILES string of the molecule is C[C@@H](CO)NC(=O)C1(C#N)CCCC1. The van der Waals surface area contributed by atoms with Crippen LogP contribution in [0.5, 0.6) is 0 Å². The number of carbonyl (C=O) groups is 1. The van der Waals surface area contributed by atoms with Crippen LogP contribution in [0.15, 0.2) is 0 Å². The standard InChI is InChI=1S/C10H16N2O2/c1-8(6-13)12-9(14)10(7-11)4-2-3-5-10/h8,13H,2-6H2,1H3,(H,12,14)/t8-/m0/s1. The number of aliphatic hydroxyl groups excluding tert-OH is 1. The largest absolute Gasteiger partial charge is 0.394 e. The normalized spacial score (nSPS) is 21.2. The monoisotopic (exact) mass is 196 g/mol. The predicted molar refractivity (Wildman–Crippen MR) is 51.2 cm³/mol. The summed E-state index contributed by atoms with van der Waals surface area (Å²) in [6.07, 6.45) is 3.17. The highest BCUT2D eigenvalue weighted by Gasteiger charge is 2.41. The number of nitrogens with zero attached hydrogens (tertiary/aromatic N) is 1. The second kappa shape index (κ2) is 4.43. The Morgan fingerprint density at radius 3 is 2.64 bits per heavy atom. The zero-order valence-corrected chi connectivity index (χ0v) is 8.42. The van der Waals surface area contributed by atoms with Gasteiger partial charge in [0.2, 0.25) is 5.91 Å². The summed E-state index contributed by atoms with van der Waals surface area (Å²) >= 11 is 0. The van der Waals surface area contributed by atoms with Crippen LogP contribution in [0.2, 0.25) is 0 Å². The second-order valence-corrected chi connectivity index (χ2v) is 3.96. The molecular weight excluding hydrogens is 180 g/mol. The lowest BCUT2D eigenvalue weighted by atomic mass is 9.87. The summed E-state index contributed by atoms with van der Waals surface area (Å²) < 4.78 is 0. The zero-order chi connectivity index (χ0) is 10.6. The van der Waals surface area contributed by atoms with E-state index in [1.165, 1.54) is 0 Å². The van der Waals surface area contributed by atoms with Gasteiger partial charge in [0.15, 0.2) is 0 Å². The van der Waals surface area contributed by atoms with E-state index in [1.54, 1.807) is 6.92 Å². The minimum Gasteiger partial charge on any atom is -0.394 e. The van der Waals surface area contributed by atoms with E-state index in [0.717, 1.165) is 12.8 Å². The summed E-state index contributed by atoms with van der Waals surface area (Å²) in [7, 11) is 0. The Balaban J connectivity index is 2.62. The van der Waals surface area contributed by atoms with Gasteiger partial charge >= 0.3 is 0 Å². The maximum atomic E-state index is 11.7. The van der Waals surface area contributed by atoms with E-state index >= 15 is 0 Å². The Morgan fingerprint density at radius 2 is 2.21 bits per heavy atom. The van der Waals surface area contributed by atoms with Gasteiger partial charge < -0.3 is 10.4 Å². The molecule has 4 nitrogen and oxygen atoms in total. The van der Waals surface area contributed by atoms with Gasteiger partial charge in [0.05, 0.1) is 12.7 Å². The Bertz CT molecular complexity index is 251. The van der Waals surface area contributed by atoms with E-state index in [0.29, 0.717) is 12.8 Å². The van der Waals surface area contributed by atoms with Crippen molar-refractivity contribution in [2.75, 3.05) is 6.61 Å². The quantitative estimate of drug-likeness (QED) is 0.693. The minimum absolute atomic E-state index is 0.0900. The van der Waals surface area contributed by atoms with Crippen LogP contribution < -0.4 is 5.32 Å². The molecule has 14 heavy (non-hydrogen) atoms. The van der Waals surface area contributed by atoms with Crippen molar-refractivity contribution in [3.8, 4) is 6.07 Å². The van der Waals surface area contributed by atoms with Gasteiger partial charge in [-0.25, -0.2) is 0 Å². The number of aliphatic hydroxyl groups is 1. The molecule has 0 heterocycles. The lowest BCUT2D eigenvalue weighted by molar-refractivity contribution is -0.128. The maximum absolute atomic E-state index is 11.7. The second-order valence-electron chi connectivity index (χ2n) is 3.96. The topological polar surface area (TPSA) is 73.1 Å². The Hall–Kier alpha value is -1.08. The summed E-state index contributed by atoms with van der Waals surface area (Å²) in [5.41, 5.74) is -0.830. The lowest BCUT2D eigenvalue weighted by Gasteiger charge is -2.21. The van der Waals surface area contributed by atoms with Gasteiger partial charge in [-0.15, -0.1) is 0 Å². The molecule has 1 aliphatic rings. The molecular formula is C10H16N2O2. The van der Waals surface area contributed by atoms with E-state index < -0.39 is 5.41 Å². The number of rotatable bonds is 3. The average molecular weight is 196 g/mol. The first-order chi connectivity index (χ1) is 6.64. The van der Waals surface area contributed by atoms with E-state index in [-0.39, 0.29) is 18.6 Å². The van der Waals surface area contributed by atoms with Crippen molar-refractivity contribution in [2.24, 2.45) is 5.41 Å². The maximum Gasteiger partial charge on any atom is 0.240 e. The van der Waals surface area contributed by atoms with Crippen molar-refractivity contribution < 1.29 is 9.90 Å². The molecule has 0 unspecified atom stereocenters. The van der Waals surface area contributed by atoms with Crippen LogP contribution in [-0.4, -0.2) is 23.7 Å². The molecule has 1 aliphatic carbocycles. The van der Waals surface area contributed by atoms with Crippen molar-refractivity contribution in [1.29, 1.82) is 5.26 Å². The smallest absolute Gasteiger partial charge is 0.240 e. The van der Waals surface area contributed by atoms with Crippen LogP contribution in [0.25, 0.3) is 0 Å². The number of nitrogens with one attached hydrogen (secondary N) is 1. The van der Waals surface area contributed by atoms with Gasteiger partial charge in [-0.05, 0) is 19.8 Å². The molecule has 0 aromatic rings. The molecule has 0 aromatic heterocycles. The fourth-order valence-electron chi connectivity index (χ4n) is 1.78. The molecule has 0 aromatic carbocycles. The number of hydrogen-bond donors (Lipinski definition) is 2. The van der Waals surface area contributed by atoms with E-state index in [2.05, 4.69) is 11.4 Å². The fraction of sp³-hybridized carbons (Fsp3) is 0.800. The molecule has 0 aliphatic heterocycles. The summed E-state index contributed by atoms with van der Waals surface area (Å²) in [5.74, 6) is -0.223. The molecule has 1 amide bonds. The first kappa shape index (κ1) is 11.0. The van der Waals surface area contributed by atoms with Crippen LogP contribution in [0.3, 0.4) is 0 Å². The number of hydrogen-bond acceptors (Lipinski definition) is 3. The molecule has 0 saturated heterocycles. The van der Waals surface area contributed by atoms with Crippen LogP contribution in [-0.2, 0) is 4.79 Å². The number of amides is 1. The molecule has 0 spiro atoms. The van der Waals surface area contributed by atoms with Gasteiger partial charge in [-0.3, -0.25) is 4.79 Å². The van der Waals surface area contributed by atoms with Crippen molar-refractivity contribution in [3.63, 3.8) is 0 Å². The third-order valence-electron chi connectivity index (χ3n) is 2.76. The molecule has 1 atom stereocenters. The van der Waals surface area contributed by atoms with Crippen LogP contribution >= 0.6 is 0 Å². The van der Waals surface area contributed by atoms with Gasteiger partial charge in [-0.1, -0.05) is 12.8 Å². The third-order valence-corrected chi connectivity index (χ3v) is 2.76. The summed E-state index contributed by atoms with van der Waals surface area (Å²) in [4.78, 5) is 11.7. The van der Waals surface area contributed by atoms with Gasteiger partial charge in [0, 0.05) is 6.04 Å². The number of carbonyl (C=O) groups excluding carboxylic acids is 1. The lowest BCUT2D eigenvalue weighted by Crippen LogP contribution is -2.44. The average Bonchev–Trinajstić information content (AvgIpc) is 2.67. The Labute approximate surface area is 83.9 Å². The van der Waals surface area contributed by atoms with Crippen LogP contribution in [0, 0.1) is 16.7 Å². The third kappa shape index (κ3) is 2.05. The van der Waals surface area contributed by atoms with Crippen LogP contribution in [0.1, 0.15) is 32.6 Å². The van der Waals surface area contributed by atoms with E-state index in [1.807, 2.05) is 0 Å². The highest BCUT2D eigenvalue weighted by atomic mass is 16.3. The molecule has 1 fully saturated rings.